The van der Waals surface area contributed by atoms with Gasteiger partial charge in [0, 0.05) is 17.0 Å². The van der Waals surface area contributed by atoms with Crippen molar-refractivity contribution in [2.45, 2.75) is 136 Å². The van der Waals surface area contributed by atoms with Crippen molar-refractivity contribution < 1.29 is 23.5 Å². The second-order valence-corrected chi connectivity index (χ2v) is 21.3. The zero-order valence-corrected chi connectivity index (χ0v) is 31.8. The zero-order chi connectivity index (χ0) is 34.4. The number of ether oxygens (including phenoxy) is 2. The van der Waals surface area contributed by atoms with Gasteiger partial charge in [-0.3, -0.25) is 4.79 Å². The van der Waals surface area contributed by atoms with Crippen molar-refractivity contribution >= 4 is 31.9 Å². The Balaban J connectivity index is 1.85. The normalized spacial score (nSPS) is 25.3. The van der Waals surface area contributed by atoms with Gasteiger partial charge in [-0.15, -0.1) is 0 Å². The first-order valence-corrected chi connectivity index (χ1v) is 19.7. The Kier molecular flexibility index (Phi) is 10.7. The number of nitrogens with zero attached hydrogens (tertiary/aromatic N) is 1. The summed E-state index contributed by atoms with van der Waals surface area (Å²) in [6, 6.07) is 14.1. The fraction of sp³-hybridized carbons (Fsp3) is 0.632. The summed E-state index contributed by atoms with van der Waals surface area (Å²) in [7, 11) is -0.502. The molecule has 2 aliphatic rings. The van der Waals surface area contributed by atoms with Crippen LogP contribution >= 0.6 is 11.6 Å². The lowest BCUT2D eigenvalue weighted by atomic mass is 9.54. The molecular weight excluding hydrogens is 614 g/mol. The van der Waals surface area contributed by atoms with E-state index in [1.807, 2.05) is 39.8 Å². The van der Waals surface area contributed by atoms with Crippen LogP contribution in [0.15, 0.2) is 42.5 Å². The monoisotopic (exact) mass is 669 g/mol. The molecule has 0 spiro atoms. The van der Waals surface area contributed by atoms with E-state index in [0.717, 1.165) is 23.3 Å². The molecule has 0 N–H and O–H groups in total. The van der Waals surface area contributed by atoms with E-state index < -0.39 is 25.4 Å². The van der Waals surface area contributed by atoms with E-state index in [1.165, 1.54) is 4.90 Å². The van der Waals surface area contributed by atoms with Gasteiger partial charge in [-0.25, -0.2) is 9.69 Å². The summed E-state index contributed by atoms with van der Waals surface area (Å²) in [6.45, 7) is 23.4. The van der Waals surface area contributed by atoms with Crippen molar-refractivity contribution in [2.75, 3.05) is 7.11 Å². The number of methoxy groups -OCH3 is 1. The molecule has 254 valence electrons. The molecule has 2 fully saturated rings. The van der Waals surface area contributed by atoms with Crippen LogP contribution in [0.4, 0.5) is 4.79 Å². The molecule has 5 atom stereocenters. The highest BCUT2D eigenvalue weighted by Gasteiger charge is 2.64. The lowest BCUT2D eigenvalue weighted by molar-refractivity contribution is -0.138. The zero-order valence-electron chi connectivity index (χ0n) is 30.1. The van der Waals surface area contributed by atoms with E-state index >= 15 is 0 Å². The third-order valence-corrected chi connectivity index (χ3v) is 17.4. The van der Waals surface area contributed by atoms with E-state index in [-0.39, 0.29) is 29.7 Å². The van der Waals surface area contributed by atoms with Crippen molar-refractivity contribution in [2.24, 2.45) is 11.3 Å². The number of fused-ring (bicyclic) bond motifs is 1. The van der Waals surface area contributed by atoms with Crippen LogP contribution in [0.1, 0.15) is 118 Å². The van der Waals surface area contributed by atoms with Crippen molar-refractivity contribution in [3.63, 3.8) is 0 Å². The van der Waals surface area contributed by atoms with Gasteiger partial charge in [0.05, 0.1) is 12.5 Å². The number of benzene rings is 2. The predicted octanol–water partition coefficient (Wildman–Crippen LogP) is 10.7. The summed E-state index contributed by atoms with van der Waals surface area (Å²) in [6.07, 6.45) is 1.52. The van der Waals surface area contributed by atoms with Crippen LogP contribution in [0.25, 0.3) is 0 Å². The van der Waals surface area contributed by atoms with Crippen LogP contribution in [-0.4, -0.2) is 44.0 Å². The molecule has 0 radical (unpaired) electrons. The minimum atomic E-state index is -2.14. The summed E-state index contributed by atoms with van der Waals surface area (Å²) in [5, 5.41) is 0.654. The van der Waals surface area contributed by atoms with E-state index in [0.29, 0.717) is 40.2 Å². The standard InChI is InChI=1S/C38H56ClNO5Si/c1-13-38-21-20-31(30-19-18-29(43-12)22-32(30)39)33(34(38)26(8)40(35(38)41)36(42)44-37(9,10)11)27-14-16-28(17-15-27)45-46(23(2)3,24(4)5)25(6)7/h14-19,22-26,31,33-34H,13,20-21H2,1-12H3/t26-,31+,33+,34+,38-/m1/s1. The highest BCUT2D eigenvalue weighted by molar-refractivity contribution is 6.78. The molecule has 2 aromatic carbocycles. The average Bonchev–Trinajstić information content (AvgIpc) is 3.20. The lowest BCUT2D eigenvalue weighted by Crippen LogP contribution is -2.50. The summed E-state index contributed by atoms with van der Waals surface area (Å²) < 4.78 is 18.3. The largest absolute Gasteiger partial charge is 0.543 e. The van der Waals surface area contributed by atoms with Gasteiger partial charge >= 0.3 is 6.09 Å². The number of rotatable bonds is 9. The molecule has 1 aliphatic carbocycles. The Morgan fingerprint density at radius 3 is 2.04 bits per heavy atom. The summed E-state index contributed by atoms with van der Waals surface area (Å²) in [5.41, 5.74) is 2.16. The van der Waals surface area contributed by atoms with Crippen LogP contribution in [0.3, 0.4) is 0 Å². The smallest absolute Gasteiger partial charge is 0.417 e. The number of imide groups is 1. The van der Waals surface area contributed by atoms with Gasteiger partial charge in [0.25, 0.3) is 8.32 Å². The van der Waals surface area contributed by atoms with Crippen molar-refractivity contribution in [3.05, 3.63) is 58.6 Å². The molecule has 1 heterocycles. The van der Waals surface area contributed by atoms with Gasteiger partial charge in [0.2, 0.25) is 5.91 Å². The topological polar surface area (TPSA) is 65.1 Å². The van der Waals surface area contributed by atoms with Crippen molar-refractivity contribution in [1.82, 2.24) is 4.90 Å². The SMILES string of the molecule is CC[C@@]12CC[C@@H](c3ccc(OC)cc3Cl)[C@H](c3ccc(O[Si](C(C)C)(C(C)C)C(C)C)cc3)[C@@H]1[C@@H](C)N(C(=O)OC(C)(C)C)C2=O. The number of halogens is 1. The molecule has 6 nitrogen and oxygen atoms in total. The second-order valence-electron chi connectivity index (χ2n) is 15.5. The van der Waals surface area contributed by atoms with Gasteiger partial charge in [-0.2, -0.15) is 0 Å². The summed E-state index contributed by atoms with van der Waals surface area (Å²) in [5.74, 6) is 1.33. The van der Waals surface area contributed by atoms with Crippen molar-refractivity contribution in [3.8, 4) is 11.5 Å². The predicted molar refractivity (Wildman–Crippen MR) is 190 cm³/mol. The maximum absolute atomic E-state index is 14.4. The Bertz CT molecular complexity index is 1380. The lowest BCUT2D eigenvalue weighted by Gasteiger charge is -2.47. The first kappa shape index (κ1) is 36.3. The average molecular weight is 670 g/mol. The molecule has 0 unspecified atom stereocenters. The first-order valence-electron chi connectivity index (χ1n) is 17.1. The summed E-state index contributed by atoms with van der Waals surface area (Å²) in [4.78, 5) is 29.4. The maximum atomic E-state index is 14.4. The molecule has 4 rings (SSSR count). The minimum Gasteiger partial charge on any atom is -0.543 e. The van der Waals surface area contributed by atoms with E-state index in [2.05, 4.69) is 78.8 Å². The molecule has 8 heteroatoms. The number of likely N-dealkylation sites (tertiary alicyclic amines) is 1. The maximum Gasteiger partial charge on any atom is 0.417 e. The molecule has 1 saturated carbocycles. The van der Waals surface area contributed by atoms with Gasteiger partial charge in [0.15, 0.2) is 0 Å². The fourth-order valence-corrected chi connectivity index (χ4v) is 14.7. The van der Waals surface area contributed by atoms with E-state index in [9.17, 15) is 9.59 Å². The molecule has 46 heavy (non-hydrogen) atoms. The van der Waals surface area contributed by atoms with Gasteiger partial charge in [0.1, 0.15) is 17.1 Å². The molecule has 2 aromatic rings. The Hall–Kier alpha value is -2.51. The molecule has 2 amide bonds. The third-order valence-electron chi connectivity index (χ3n) is 11.0. The van der Waals surface area contributed by atoms with E-state index in [1.54, 1.807) is 7.11 Å². The van der Waals surface area contributed by atoms with Gasteiger partial charge < -0.3 is 13.9 Å². The van der Waals surface area contributed by atoms with E-state index in [4.69, 9.17) is 25.5 Å². The second kappa shape index (κ2) is 13.5. The molecular formula is C38H56ClNO5Si. The number of amides is 2. The summed E-state index contributed by atoms with van der Waals surface area (Å²) >= 11 is 6.96. The van der Waals surface area contributed by atoms with Crippen LogP contribution in [-0.2, 0) is 9.53 Å². The highest BCUT2D eigenvalue weighted by Crippen LogP contribution is 2.62. The number of carbonyl (C=O) groups is 2. The highest BCUT2D eigenvalue weighted by atomic mass is 35.5. The molecule has 1 saturated heterocycles. The number of hydrogen-bond acceptors (Lipinski definition) is 5. The number of carbonyl (C=O) groups excluding carboxylic acids is 2. The van der Waals surface area contributed by atoms with Crippen LogP contribution in [0.5, 0.6) is 11.5 Å². The van der Waals surface area contributed by atoms with Crippen LogP contribution in [0, 0.1) is 11.3 Å². The minimum absolute atomic E-state index is 0.0409. The Morgan fingerprint density at radius 2 is 1.57 bits per heavy atom. The Morgan fingerprint density at radius 1 is 1.00 bits per heavy atom. The quantitative estimate of drug-likeness (QED) is 0.249. The molecule has 0 aromatic heterocycles. The van der Waals surface area contributed by atoms with Crippen molar-refractivity contribution in [1.29, 1.82) is 0 Å². The fourth-order valence-electron chi connectivity index (χ4n) is 9.11. The van der Waals surface area contributed by atoms with Crippen LogP contribution in [0.2, 0.25) is 21.6 Å². The van der Waals surface area contributed by atoms with Gasteiger partial charge in [-0.1, -0.05) is 78.3 Å². The molecule has 0 bridgehead atoms. The Labute approximate surface area is 283 Å². The number of hydrogen-bond donors (Lipinski definition) is 0. The van der Waals surface area contributed by atoms with Crippen LogP contribution < -0.4 is 9.16 Å². The first-order chi connectivity index (χ1) is 21.4. The molecule has 1 aliphatic heterocycles. The van der Waals surface area contributed by atoms with Gasteiger partial charge in [-0.05, 0) is 111 Å². The third kappa shape index (κ3) is 6.35.